The molecule has 1 unspecified atom stereocenters. The number of esters is 1. The molecule has 0 heterocycles. The predicted molar refractivity (Wildman–Crippen MR) is 74.0 cm³/mol. The maximum Gasteiger partial charge on any atom is 0.329 e. The molecular formula is C14H18ClNO3. The number of halogens is 1. The van der Waals surface area contributed by atoms with Crippen molar-refractivity contribution in [2.75, 3.05) is 12.5 Å². The summed E-state index contributed by atoms with van der Waals surface area (Å²) in [6.07, 6.45) is 0.946. The minimum atomic E-state index is -0.773. The van der Waals surface area contributed by atoms with Crippen LogP contribution in [0.2, 0.25) is 0 Å². The van der Waals surface area contributed by atoms with Gasteiger partial charge in [-0.3, -0.25) is 4.79 Å². The Bertz CT molecular complexity index is 408. The number of amides is 1. The summed E-state index contributed by atoms with van der Waals surface area (Å²) < 4.78 is 4.82. The molecule has 0 aliphatic rings. The van der Waals surface area contributed by atoms with Gasteiger partial charge in [0.1, 0.15) is 6.04 Å². The largest absolute Gasteiger partial charge is 0.464 e. The normalized spacial score (nSPS) is 11.7. The predicted octanol–water partition coefficient (Wildman–Crippen LogP) is 1.91. The molecule has 104 valence electrons. The summed E-state index contributed by atoms with van der Waals surface area (Å²) in [6, 6.07) is 8.91. The Morgan fingerprint density at radius 3 is 2.58 bits per heavy atom. The lowest BCUT2D eigenvalue weighted by molar-refractivity contribution is -0.146. The minimum Gasteiger partial charge on any atom is -0.464 e. The first-order valence-corrected chi connectivity index (χ1v) is 6.76. The van der Waals surface area contributed by atoms with E-state index in [4.69, 9.17) is 16.3 Å². The van der Waals surface area contributed by atoms with E-state index in [9.17, 15) is 9.59 Å². The van der Waals surface area contributed by atoms with Gasteiger partial charge in [-0.15, -0.1) is 11.6 Å². The summed E-state index contributed by atoms with van der Waals surface area (Å²) in [5, 5.41) is 2.58. The molecular weight excluding hydrogens is 266 g/mol. The van der Waals surface area contributed by atoms with E-state index in [1.54, 1.807) is 6.92 Å². The van der Waals surface area contributed by atoms with Crippen LogP contribution in [0, 0.1) is 0 Å². The molecule has 0 radical (unpaired) electrons. The zero-order valence-corrected chi connectivity index (χ0v) is 11.7. The molecule has 5 heteroatoms. The van der Waals surface area contributed by atoms with Gasteiger partial charge < -0.3 is 10.1 Å². The lowest BCUT2D eigenvalue weighted by Gasteiger charge is -2.14. The van der Waals surface area contributed by atoms with Crippen molar-refractivity contribution >= 4 is 23.5 Å². The van der Waals surface area contributed by atoms with Gasteiger partial charge in [-0.25, -0.2) is 4.79 Å². The Morgan fingerprint density at radius 2 is 2.00 bits per heavy atom. The monoisotopic (exact) mass is 283 g/mol. The van der Waals surface area contributed by atoms with E-state index in [1.807, 2.05) is 30.3 Å². The number of carbonyl (C=O) groups excluding carboxylic acids is 2. The number of benzene rings is 1. The van der Waals surface area contributed by atoms with Gasteiger partial charge in [-0.2, -0.15) is 0 Å². The average Bonchev–Trinajstić information content (AvgIpc) is 2.44. The molecule has 0 saturated heterocycles. The molecule has 0 bridgehead atoms. The second-order valence-corrected chi connectivity index (χ2v) is 4.32. The fraction of sp³-hybridized carbons (Fsp3) is 0.429. The van der Waals surface area contributed by atoms with Gasteiger partial charge >= 0.3 is 5.97 Å². The molecule has 1 aromatic carbocycles. The highest BCUT2D eigenvalue weighted by Crippen LogP contribution is 2.03. The Balaban J connectivity index is 2.39. The Labute approximate surface area is 118 Å². The van der Waals surface area contributed by atoms with Crippen LogP contribution in [0.5, 0.6) is 0 Å². The van der Waals surface area contributed by atoms with Crippen molar-refractivity contribution < 1.29 is 14.3 Å². The third kappa shape index (κ3) is 5.75. The van der Waals surface area contributed by atoms with Gasteiger partial charge in [-0.05, 0) is 18.9 Å². The fourth-order valence-electron chi connectivity index (χ4n) is 1.57. The number of ether oxygens (including phenoxy) is 1. The Hall–Kier alpha value is -1.55. The number of alkyl halides is 1. The lowest BCUT2D eigenvalue weighted by atomic mass is 10.1. The number of hydrogen-bond donors (Lipinski definition) is 1. The van der Waals surface area contributed by atoms with E-state index < -0.39 is 12.0 Å². The van der Waals surface area contributed by atoms with Crippen LogP contribution in [-0.4, -0.2) is 30.4 Å². The van der Waals surface area contributed by atoms with Crippen LogP contribution in [0.4, 0.5) is 0 Å². The summed E-state index contributed by atoms with van der Waals surface area (Å²) in [7, 11) is 0. The minimum absolute atomic E-state index is 0.00983. The topological polar surface area (TPSA) is 55.4 Å². The van der Waals surface area contributed by atoms with Crippen LogP contribution in [-0.2, 0) is 20.7 Å². The fourth-order valence-corrected chi connectivity index (χ4v) is 1.78. The van der Waals surface area contributed by atoms with Crippen molar-refractivity contribution in [1.29, 1.82) is 0 Å². The number of aryl methyl sites for hydroxylation is 1. The molecule has 1 N–H and O–H groups in total. The average molecular weight is 284 g/mol. The number of hydrogen-bond acceptors (Lipinski definition) is 3. The van der Waals surface area contributed by atoms with Crippen molar-refractivity contribution in [3.8, 4) is 0 Å². The molecule has 0 aliphatic carbocycles. The maximum absolute atomic E-state index is 11.7. The highest BCUT2D eigenvalue weighted by atomic mass is 35.5. The van der Waals surface area contributed by atoms with E-state index in [0.29, 0.717) is 12.8 Å². The van der Waals surface area contributed by atoms with Gasteiger partial charge in [0.25, 0.3) is 0 Å². The first-order valence-electron chi connectivity index (χ1n) is 6.23. The molecule has 19 heavy (non-hydrogen) atoms. The molecule has 0 spiro atoms. The van der Waals surface area contributed by atoms with Crippen molar-refractivity contribution in [2.24, 2.45) is 0 Å². The van der Waals surface area contributed by atoms with E-state index in [0.717, 1.165) is 5.56 Å². The number of nitrogens with one attached hydrogen (secondary N) is 1. The molecule has 1 aromatic rings. The summed E-state index contributed by atoms with van der Waals surface area (Å²) >= 11 is 5.64. The highest BCUT2D eigenvalue weighted by Gasteiger charge is 2.20. The second-order valence-electron chi connectivity index (χ2n) is 4.01. The summed E-state index contributed by atoms with van der Waals surface area (Å²) in [5.41, 5.74) is 1.08. The number of carbonyl (C=O) groups is 2. The van der Waals surface area contributed by atoms with Crippen molar-refractivity contribution in [2.45, 2.75) is 25.8 Å². The van der Waals surface area contributed by atoms with E-state index >= 15 is 0 Å². The SMILES string of the molecule is CCOC(=O)C(CCl)NC(=O)CCc1ccccc1. The van der Waals surface area contributed by atoms with Gasteiger partial charge in [0.05, 0.1) is 12.5 Å². The quantitative estimate of drug-likeness (QED) is 0.614. The molecule has 0 aromatic heterocycles. The summed E-state index contributed by atoms with van der Waals surface area (Å²) in [6.45, 7) is 1.98. The number of rotatable bonds is 7. The molecule has 0 aliphatic heterocycles. The van der Waals surface area contributed by atoms with E-state index in [1.165, 1.54) is 0 Å². The first kappa shape index (κ1) is 15.5. The Kier molecular flexibility index (Phi) is 6.97. The van der Waals surface area contributed by atoms with E-state index in [-0.39, 0.29) is 18.4 Å². The standard InChI is InChI=1S/C14H18ClNO3/c1-2-19-14(18)12(10-15)16-13(17)9-8-11-6-4-3-5-7-11/h3-7,12H,2,8-10H2,1H3,(H,16,17). The molecule has 1 amide bonds. The van der Waals surface area contributed by atoms with Crippen molar-refractivity contribution in [3.63, 3.8) is 0 Å². The van der Waals surface area contributed by atoms with Gasteiger partial charge in [0.2, 0.25) is 5.91 Å². The smallest absolute Gasteiger partial charge is 0.329 e. The molecule has 4 nitrogen and oxygen atoms in total. The van der Waals surface area contributed by atoms with Crippen LogP contribution in [0.25, 0.3) is 0 Å². The molecule has 0 fully saturated rings. The van der Waals surface area contributed by atoms with Gasteiger partial charge in [0.15, 0.2) is 0 Å². The van der Waals surface area contributed by atoms with Crippen LogP contribution in [0.15, 0.2) is 30.3 Å². The summed E-state index contributed by atoms with van der Waals surface area (Å²) in [5.74, 6) is -0.691. The van der Waals surface area contributed by atoms with E-state index in [2.05, 4.69) is 5.32 Å². The molecule has 0 saturated carbocycles. The third-order valence-electron chi connectivity index (χ3n) is 2.54. The maximum atomic E-state index is 11.7. The summed E-state index contributed by atoms with van der Waals surface area (Å²) in [4.78, 5) is 23.2. The van der Waals surface area contributed by atoms with Crippen LogP contribution < -0.4 is 5.32 Å². The molecule has 1 atom stereocenters. The molecule has 1 rings (SSSR count). The second kappa shape index (κ2) is 8.53. The third-order valence-corrected chi connectivity index (χ3v) is 2.85. The highest BCUT2D eigenvalue weighted by molar-refractivity contribution is 6.19. The zero-order chi connectivity index (χ0) is 14.1. The lowest BCUT2D eigenvalue weighted by Crippen LogP contribution is -2.43. The van der Waals surface area contributed by atoms with Crippen molar-refractivity contribution in [3.05, 3.63) is 35.9 Å². The van der Waals surface area contributed by atoms with Crippen molar-refractivity contribution in [1.82, 2.24) is 5.32 Å². The first-order chi connectivity index (χ1) is 9.17. The zero-order valence-electron chi connectivity index (χ0n) is 10.9. The van der Waals surface area contributed by atoms with Gasteiger partial charge in [0, 0.05) is 6.42 Å². The van der Waals surface area contributed by atoms with Crippen LogP contribution in [0.1, 0.15) is 18.9 Å². The van der Waals surface area contributed by atoms with Crippen LogP contribution >= 0.6 is 11.6 Å². The Morgan fingerprint density at radius 1 is 1.32 bits per heavy atom. The van der Waals surface area contributed by atoms with Gasteiger partial charge in [-0.1, -0.05) is 30.3 Å². The van der Waals surface area contributed by atoms with Crippen LogP contribution in [0.3, 0.4) is 0 Å².